The lowest BCUT2D eigenvalue weighted by atomic mass is 10.1. The summed E-state index contributed by atoms with van der Waals surface area (Å²) in [5.41, 5.74) is 0.966. The lowest BCUT2D eigenvalue weighted by Gasteiger charge is -2.11. The molecule has 2 aromatic rings. The highest BCUT2D eigenvalue weighted by molar-refractivity contribution is 6.30. The van der Waals surface area contributed by atoms with Gasteiger partial charge in [0.25, 0.3) is 0 Å². The van der Waals surface area contributed by atoms with Crippen LogP contribution in [0, 0.1) is 0 Å². The molecule has 0 spiro atoms. The normalized spacial score (nSPS) is 12.3. The third-order valence-corrected chi connectivity index (χ3v) is 3.19. The number of nitrogens with one attached hydrogen (secondary N) is 1. The van der Waals surface area contributed by atoms with Gasteiger partial charge in [0.2, 0.25) is 6.79 Å². The number of pyridine rings is 1. The topological polar surface area (TPSA) is 52.6 Å². The van der Waals surface area contributed by atoms with Gasteiger partial charge in [-0.15, -0.1) is 0 Å². The molecule has 1 N–H and O–H groups in total. The number of anilines is 1. The van der Waals surface area contributed by atoms with Crippen molar-refractivity contribution in [2.45, 2.75) is 6.54 Å². The first-order valence-corrected chi connectivity index (χ1v) is 6.46. The van der Waals surface area contributed by atoms with E-state index in [4.69, 9.17) is 25.8 Å². The van der Waals surface area contributed by atoms with Gasteiger partial charge in [-0.1, -0.05) is 11.6 Å². The molecule has 0 unspecified atom stereocenters. The van der Waals surface area contributed by atoms with Gasteiger partial charge in [0, 0.05) is 24.4 Å². The maximum Gasteiger partial charge on any atom is 0.231 e. The van der Waals surface area contributed by atoms with E-state index in [-0.39, 0.29) is 6.79 Å². The number of benzene rings is 1. The smallest absolute Gasteiger partial charge is 0.231 e. The molecule has 20 heavy (non-hydrogen) atoms. The molecule has 0 saturated heterocycles. The van der Waals surface area contributed by atoms with Crippen molar-refractivity contribution >= 4 is 17.4 Å². The van der Waals surface area contributed by atoms with Gasteiger partial charge in [0.15, 0.2) is 11.5 Å². The third-order valence-electron chi connectivity index (χ3n) is 2.96. The summed E-state index contributed by atoms with van der Waals surface area (Å²) in [6.07, 6.45) is 1.60. The van der Waals surface area contributed by atoms with E-state index in [1.54, 1.807) is 19.4 Å². The number of aromatic nitrogens is 1. The first-order chi connectivity index (χ1) is 9.76. The van der Waals surface area contributed by atoms with E-state index in [9.17, 15) is 0 Å². The van der Waals surface area contributed by atoms with Gasteiger partial charge in [-0.2, -0.15) is 0 Å². The van der Waals surface area contributed by atoms with E-state index >= 15 is 0 Å². The third kappa shape index (κ3) is 2.58. The van der Waals surface area contributed by atoms with Gasteiger partial charge >= 0.3 is 0 Å². The number of halogens is 1. The van der Waals surface area contributed by atoms with E-state index < -0.39 is 0 Å². The molecule has 3 rings (SSSR count). The van der Waals surface area contributed by atoms with Crippen LogP contribution >= 0.6 is 11.6 Å². The SMILES string of the molecule is COc1cc2c(cc1CNc1ccc(Cl)cn1)OCO2. The molecular formula is C14H13ClN2O3. The molecular weight excluding hydrogens is 280 g/mol. The largest absolute Gasteiger partial charge is 0.496 e. The Labute approximate surface area is 121 Å². The zero-order chi connectivity index (χ0) is 13.9. The monoisotopic (exact) mass is 292 g/mol. The lowest BCUT2D eigenvalue weighted by molar-refractivity contribution is 0.174. The summed E-state index contributed by atoms with van der Waals surface area (Å²) in [4.78, 5) is 4.18. The standard InChI is InChI=1S/C14H13ClN2O3/c1-18-11-5-13-12(19-8-20-13)4-9(11)6-16-14-3-2-10(15)7-17-14/h2-5,7H,6,8H2,1H3,(H,16,17). The van der Waals surface area contributed by atoms with Gasteiger partial charge in [-0.25, -0.2) is 4.98 Å². The highest BCUT2D eigenvalue weighted by Crippen LogP contribution is 2.38. The van der Waals surface area contributed by atoms with Gasteiger partial charge in [0.05, 0.1) is 12.1 Å². The van der Waals surface area contributed by atoms with Crippen LogP contribution in [-0.2, 0) is 6.54 Å². The Morgan fingerprint density at radius 3 is 2.80 bits per heavy atom. The molecule has 5 nitrogen and oxygen atoms in total. The fourth-order valence-corrected chi connectivity index (χ4v) is 2.07. The van der Waals surface area contributed by atoms with E-state index in [0.717, 1.165) is 22.9 Å². The zero-order valence-electron chi connectivity index (χ0n) is 10.9. The molecule has 0 amide bonds. The van der Waals surface area contributed by atoms with E-state index in [0.29, 0.717) is 17.3 Å². The number of hydrogen-bond acceptors (Lipinski definition) is 5. The van der Waals surface area contributed by atoms with Crippen molar-refractivity contribution in [3.63, 3.8) is 0 Å². The minimum atomic E-state index is 0.244. The second-order valence-electron chi connectivity index (χ2n) is 4.23. The van der Waals surface area contributed by atoms with Crippen LogP contribution in [0.2, 0.25) is 5.02 Å². The van der Waals surface area contributed by atoms with E-state index in [1.807, 2.05) is 18.2 Å². The Hall–Kier alpha value is -2.14. The summed E-state index contributed by atoms with van der Waals surface area (Å²) >= 11 is 5.80. The van der Waals surface area contributed by atoms with Gasteiger partial charge in [-0.05, 0) is 18.2 Å². The van der Waals surface area contributed by atoms with Crippen molar-refractivity contribution < 1.29 is 14.2 Å². The summed E-state index contributed by atoms with van der Waals surface area (Å²) in [5, 5.41) is 3.82. The molecule has 0 bridgehead atoms. The van der Waals surface area contributed by atoms with Crippen LogP contribution in [0.15, 0.2) is 30.5 Å². The van der Waals surface area contributed by atoms with Crippen molar-refractivity contribution in [1.82, 2.24) is 4.98 Å². The Morgan fingerprint density at radius 2 is 2.10 bits per heavy atom. The summed E-state index contributed by atoms with van der Waals surface area (Å²) < 4.78 is 16.1. The molecule has 0 radical (unpaired) electrons. The molecule has 1 aliphatic rings. The van der Waals surface area contributed by atoms with Crippen LogP contribution in [0.25, 0.3) is 0 Å². The van der Waals surface area contributed by atoms with Crippen molar-refractivity contribution in [1.29, 1.82) is 0 Å². The van der Waals surface area contributed by atoms with Gasteiger partial charge in [0.1, 0.15) is 11.6 Å². The van der Waals surface area contributed by atoms with Crippen LogP contribution in [0.4, 0.5) is 5.82 Å². The predicted molar refractivity (Wildman–Crippen MR) is 75.7 cm³/mol. The fourth-order valence-electron chi connectivity index (χ4n) is 1.96. The average Bonchev–Trinajstić information content (AvgIpc) is 2.92. The highest BCUT2D eigenvalue weighted by Gasteiger charge is 2.17. The number of methoxy groups -OCH3 is 1. The van der Waals surface area contributed by atoms with Crippen molar-refractivity contribution in [2.24, 2.45) is 0 Å². The zero-order valence-corrected chi connectivity index (χ0v) is 11.6. The molecule has 2 heterocycles. The quantitative estimate of drug-likeness (QED) is 0.938. The summed E-state index contributed by atoms with van der Waals surface area (Å²) in [6, 6.07) is 7.34. The number of rotatable bonds is 4. The number of hydrogen-bond donors (Lipinski definition) is 1. The maximum absolute atomic E-state index is 5.80. The van der Waals surface area contributed by atoms with Crippen molar-refractivity contribution in [2.75, 3.05) is 19.2 Å². The Morgan fingerprint density at radius 1 is 1.30 bits per heavy atom. The number of nitrogens with zero attached hydrogens (tertiary/aromatic N) is 1. The first-order valence-electron chi connectivity index (χ1n) is 6.08. The van der Waals surface area contributed by atoms with Gasteiger partial charge in [-0.3, -0.25) is 0 Å². The Bertz CT molecular complexity index is 617. The number of fused-ring (bicyclic) bond motifs is 1. The van der Waals surface area contributed by atoms with E-state index in [2.05, 4.69) is 10.3 Å². The molecule has 0 saturated carbocycles. The van der Waals surface area contributed by atoms with Crippen molar-refractivity contribution in [3.8, 4) is 17.2 Å². The maximum atomic E-state index is 5.80. The van der Waals surface area contributed by atoms with Crippen LogP contribution in [0.5, 0.6) is 17.2 Å². The minimum absolute atomic E-state index is 0.244. The Balaban J connectivity index is 1.78. The fraction of sp³-hybridized carbons (Fsp3) is 0.214. The summed E-state index contributed by atoms with van der Waals surface area (Å²) in [5.74, 6) is 2.92. The molecule has 0 fully saturated rings. The average molecular weight is 293 g/mol. The molecule has 104 valence electrons. The van der Waals surface area contributed by atoms with Crippen LogP contribution < -0.4 is 19.5 Å². The van der Waals surface area contributed by atoms with Crippen LogP contribution in [-0.4, -0.2) is 18.9 Å². The van der Waals surface area contributed by atoms with Crippen LogP contribution in [0.1, 0.15) is 5.56 Å². The molecule has 6 heteroatoms. The predicted octanol–water partition coefficient (Wildman–Crippen LogP) is 3.08. The molecule has 0 aliphatic carbocycles. The summed E-state index contributed by atoms with van der Waals surface area (Å²) in [7, 11) is 1.63. The molecule has 1 aliphatic heterocycles. The summed E-state index contributed by atoms with van der Waals surface area (Å²) in [6.45, 7) is 0.808. The number of ether oxygens (including phenoxy) is 3. The second kappa shape index (κ2) is 5.46. The first kappa shape index (κ1) is 12.9. The molecule has 0 atom stereocenters. The second-order valence-corrected chi connectivity index (χ2v) is 4.67. The minimum Gasteiger partial charge on any atom is -0.496 e. The lowest BCUT2D eigenvalue weighted by Crippen LogP contribution is -2.03. The van der Waals surface area contributed by atoms with Crippen LogP contribution in [0.3, 0.4) is 0 Å². The van der Waals surface area contributed by atoms with Gasteiger partial charge < -0.3 is 19.5 Å². The van der Waals surface area contributed by atoms with Crippen molar-refractivity contribution in [3.05, 3.63) is 41.0 Å². The van der Waals surface area contributed by atoms with E-state index in [1.165, 1.54) is 0 Å². The highest BCUT2D eigenvalue weighted by atomic mass is 35.5. The molecule has 1 aromatic carbocycles. The molecule has 1 aromatic heterocycles. The Kier molecular flexibility index (Phi) is 3.52.